The van der Waals surface area contributed by atoms with Crippen molar-refractivity contribution in [1.29, 1.82) is 0 Å². The van der Waals surface area contributed by atoms with Gasteiger partial charge in [0, 0.05) is 30.5 Å². The lowest BCUT2D eigenvalue weighted by Crippen LogP contribution is -2.36. The molecule has 0 radical (unpaired) electrons. The van der Waals surface area contributed by atoms with E-state index in [1.54, 1.807) is 25.3 Å². The third-order valence-corrected chi connectivity index (χ3v) is 6.71. The summed E-state index contributed by atoms with van der Waals surface area (Å²) in [6.07, 6.45) is 5.78. The van der Waals surface area contributed by atoms with Crippen LogP contribution in [-0.4, -0.2) is 41.5 Å². The number of methoxy groups -OCH3 is 1. The standard InChI is InChI=1S/C28H33N3O5/c1-4-20-16-26(33)31(17-19-8-7-9-22(14-19)29-28(34)18(2)32)30-27(20)21-12-13-24(35-3)25(15-21)36-23-10-5-6-11-23/h7-9,12-15,20,23H,4-6,10-11,16-17H2,1-3H3,(H,29,34). The van der Waals surface area contributed by atoms with Crippen LogP contribution >= 0.6 is 0 Å². The summed E-state index contributed by atoms with van der Waals surface area (Å²) >= 11 is 0. The van der Waals surface area contributed by atoms with Crippen LogP contribution in [0.2, 0.25) is 0 Å². The molecule has 2 aromatic rings. The van der Waals surface area contributed by atoms with Gasteiger partial charge in [-0.2, -0.15) is 5.10 Å². The molecule has 8 heteroatoms. The molecule has 0 saturated heterocycles. The quantitative estimate of drug-likeness (QED) is 0.513. The second kappa shape index (κ2) is 11.4. The lowest BCUT2D eigenvalue weighted by Gasteiger charge is -2.29. The Labute approximate surface area is 211 Å². The van der Waals surface area contributed by atoms with Crippen molar-refractivity contribution in [2.24, 2.45) is 11.0 Å². The summed E-state index contributed by atoms with van der Waals surface area (Å²) in [6.45, 7) is 3.53. The Hall–Kier alpha value is -3.68. The number of anilines is 1. The summed E-state index contributed by atoms with van der Waals surface area (Å²) in [6, 6.07) is 12.9. The van der Waals surface area contributed by atoms with Gasteiger partial charge in [0.05, 0.1) is 25.5 Å². The average Bonchev–Trinajstić information content (AvgIpc) is 3.38. The second-order valence-corrected chi connectivity index (χ2v) is 9.35. The number of amides is 2. The zero-order valence-corrected chi connectivity index (χ0v) is 21.1. The number of rotatable bonds is 9. The lowest BCUT2D eigenvalue weighted by molar-refractivity contribution is -0.133. The van der Waals surface area contributed by atoms with Gasteiger partial charge in [-0.1, -0.05) is 19.1 Å². The highest BCUT2D eigenvalue weighted by Crippen LogP contribution is 2.34. The van der Waals surface area contributed by atoms with E-state index in [0.717, 1.165) is 36.1 Å². The number of nitrogens with zero attached hydrogens (tertiary/aromatic N) is 2. The molecule has 1 unspecified atom stereocenters. The molecule has 1 aliphatic carbocycles. The number of carbonyl (C=O) groups is 3. The normalized spacial score (nSPS) is 18.1. The minimum atomic E-state index is -0.678. The van der Waals surface area contributed by atoms with Gasteiger partial charge < -0.3 is 14.8 Å². The van der Waals surface area contributed by atoms with Crippen LogP contribution in [0.25, 0.3) is 0 Å². The van der Waals surface area contributed by atoms with Crippen LogP contribution in [0.15, 0.2) is 47.6 Å². The molecule has 2 aromatic carbocycles. The number of ether oxygens (including phenoxy) is 2. The molecule has 0 aromatic heterocycles. The van der Waals surface area contributed by atoms with E-state index in [1.807, 2.05) is 24.3 Å². The summed E-state index contributed by atoms with van der Waals surface area (Å²) in [5.41, 5.74) is 3.05. The Bertz CT molecular complexity index is 1170. The maximum atomic E-state index is 13.0. The number of benzene rings is 2. The van der Waals surface area contributed by atoms with Crippen LogP contribution in [0.4, 0.5) is 5.69 Å². The molecule has 0 bridgehead atoms. The van der Waals surface area contributed by atoms with Gasteiger partial charge in [0.2, 0.25) is 11.7 Å². The van der Waals surface area contributed by atoms with E-state index in [1.165, 1.54) is 24.8 Å². The fourth-order valence-electron chi connectivity index (χ4n) is 4.69. The van der Waals surface area contributed by atoms with E-state index in [4.69, 9.17) is 14.6 Å². The third kappa shape index (κ3) is 5.93. The van der Waals surface area contributed by atoms with Gasteiger partial charge in [0.15, 0.2) is 11.5 Å². The van der Waals surface area contributed by atoms with Crippen molar-refractivity contribution in [1.82, 2.24) is 5.01 Å². The van der Waals surface area contributed by atoms with Crippen LogP contribution in [0, 0.1) is 5.92 Å². The Morgan fingerprint density at radius 2 is 1.89 bits per heavy atom. The van der Waals surface area contributed by atoms with E-state index in [-0.39, 0.29) is 24.5 Å². The maximum Gasteiger partial charge on any atom is 0.291 e. The summed E-state index contributed by atoms with van der Waals surface area (Å²) in [4.78, 5) is 36.0. The predicted molar refractivity (Wildman–Crippen MR) is 137 cm³/mol. The summed E-state index contributed by atoms with van der Waals surface area (Å²) < 4.78 is 11.8. The Morgan fingerprint density at radius 3 is 2.58 bits per heavy atom. The zero-order chi connectivity index (χ0) is 25.7. The van der Waals surface area contributed by atoms with Gasteiger partial charge in [-0.25, -0.2) is 5.01 Å². The molecule has 1 N–H and O–H groups in total. The van der Waals surface area contributed by atoms with Crippen molar-refractivity contribution in [3.63, 3.8) is 0 Å². The van der Waals surface area contributed by atoms with Crippen molar-refractivity contribution >= 4 is 29.0 Å². The van der Waals surface area contributed by atoms with Gasteiger partial charge in [-0.3, -0.25) is 14.4 Å². The van der Waals surface area contributed by atoms with Gasteiger partial charge in [0.1, 0.15) is 0 Å². The highest BCUT2D eigenvalue weighted by Gasteiger charge is 2.30. The van der Waals surface area contributed by atoms with Crippen LogP contribution in [0.3, 0.4) is 0 Å². The number of nitrogens with one attached hydrogen (secondary N) is 1. The fraction of sp³-hybridized carbons (Fsp3) is 0.429. The zero-order valence-electron chi connectivity index (χ0n) is 21.1. The molecule has 2 amide bonds. The van der Waals surface area contributed by atoms with E-state index in [9.17, 15) is 14.4 Å². The molecule has 2 aliphatic rings. The van der Waals surface area contributed by atoms with Crippen molar-refractivity contribution in [2.45, 2.75) is 65.0 Å². The smallest absolute Gasteiger partial charge is 0.291 e. The van der Waals surface area contributed by atoms with E-state index in [0.29, 0.717) is 23.6 Å². The number of hydrogen-bond donors (Lipinski definition) is 1. The van der Waals surface area contributed by atoms with Crippen molar-refractivity contribution < 1.29 is 23.9 Å². The minimum Gasteiger partial charge on any atom is -0.493 e. The third-order valence-electron chi connectivity index (χ3n) is 6.71. The molecule has 36 heavy (non-hydrogen) atoms. The largest absolute Gasteiger partial charge is 0.493 e. The highest BCUT2D eigenvalue weighted by atomic mass is 16.5. The SMILES string of the molecule is CCC1CC(=O)N(Cc2cccc(NC(=O)C(C)=O)c2)N=C1c1ccc(OC)c(OC2CCCC2)c1. The summed E-state index contributed by atoms with van der Waals surface area (Å²) in [7, 11) is 1.64. The van der Waals surface area contributed by atoms with Crippen LogP contribution in [-0.2, 0) is 20.9 Å². The predicted octanol–water partition coefficient (Wildman–Crippen LogP) is 4.71. The molecule has 1 aliphatic heterocycles. The first-order valence-corrected chi connectivity index (χ1v) is 12.5. The Kier molecular flexibility index (Phi) is 8.03. The number of hydrogen-bond acceptors (Lipinski definition) is 6. The van der Waals surface area contributed by atoms with E-state index in [2.05, 4.69) is 12.2 Å². The van der Waals surface area contributed by atoms with Gasteiger partial charge in [-0.15, -0.1) is 0 Å². The second-order valence-electron chi connectivity index (χ2n) is 9.35. The van der Waals surface area contributed by atoms with Crippen LogP contribution in [0.1, 0.15) is 63.5 Å². The monoisotopic (exact) mass is 491 g/mol. The van der Waals surface area contributed by atoms with Crippen LogP contribution in [0.5, 0.6) is 11.5 Å². The first-order chi connectivity index (χ1) is 17.4. The van der Waals surface area contributed by atoms with E-state index >= 15 is 0 Å². The topological polar surface area (TPSA) is 97.3 Å². The van der Waals surface area contributed by atoms with Gasteiger partial charge in [-0.05, 0) is 68.0 Å². The number of hydrazone groups is 1. The summed E-state index contributed by atoms with van der Waals surface area (Å²) in [5.74, 6) is 0.0938. The summed E-state index contributed by atoms with van der Waals surface area (Å²) in [5, 5.41) is 8.85. The molecular weight excluding hydrogens is 458 g/mol. The van der Waals surface area contributed by atoms with Gasteiger partial charge >= 0.3 is 0 Å². The fourth-order valence-corrected chi connectivity index (χ4v) is 4.69. The molecule has 1 fully saturated rings. The average molecular weight is 492 g/mol. The highest BCUT2D eigenvalue weighted by molar-refractivity contribution is 6.39. The van der Waals surface area contributed by atoms with Crippen LogP contribution < -0.4 is 14.8 Å². The van der Waals surface area contributed by atoms with E-state index < -0.39 is 11.7 Å². The van der Waals surface area contributed by atoms with Gasteiger partial charge in [0.25, 0.3) is 5.91 Å². The molecule has 4 rings (SSSR count). The first-order valence-electron chi connectivity index (χ1n) is 12.5. The Morgan fingerprint density at radius 1 is 1.11 bits per heavy atom. The lowest BCUT2D eigenvalue weighted by atomic mass is 9.89. The maximum absolute atomic E-state index is 13.0. The van der Waals surface area contributed by atoms with Crippen molar-refractivity contribution in [2.75, 3.05) is 12.4 Å². The number of carbonyl (C=O) groups excluding carboxylic acids is 3. The number of Topliss-reactive ketones (excluding diaryl/α,β-unsaturated/α-hetero) is 1. The Balaban J connectivity index is 1.60. The number of ketones is 1. The molecule has 190 valence electrons. The van der Waals surface area contributed by atoms with Crippen molar-refractivity contribution in [3.05, 3.63) is 53.6 Å². The first kappa shape index (κ1) is 25.4. The molecule has 8 nitrogen and oxygen atoms in total. The van der Waals surface area contributed by atoms with Crippen molar-refractivity contribution in [3.8, 4) is 11.5 Å². The molecule has 1 heterocycles. The molecular formula is C28H33N3O5. The molecule has 0 spiro atoms. The molecule has 1 atom stereocenters. The molecule has 1 saturated carbocycles. The minimum absolute atomic E-state index is 0.00247.